The van der Waals surface area contributed by atoms with Gasteiger partial charge in [0.25, 0.3) is 10.0 Å². The number of ether oxygens (including phenoxy) is 2. The quantitative estimate of drug-likeness (QED) is 0.487. The zero-order chi connectivity index (χ0) is 23.8. The molecule has 2 N–H and O–H groups in total. The first-order chi connectivity index (χ1) is 15.9. The third-order valence-corrected chi connectivity index (χ3v) is 5.92. The fourth-order valence-electron chi connectivity index (χ4n) is 2.90. The Morgan fingerprint density at radius 3 is 2.27 bits per heavy atom. The van der Waals surface area contributed by atoms with E-state index in [4.69, 9.17) is 14.7 Å². The normalized spacial score (nSPS) is 10.9. The Bertz CT molecular complexity index is 1330. The average molecular weight is 464 g/mol. The Morgan fingerprint density at radius 1 is 0.939 bits per heavy atom. The van der Waals surface area contributed by atoms with E-state index in [-0.39, 0.29) is 16.3 Å². The van der Waals surface area contributed by atoms with Gasteiger partial charge in [-0.15, -0.1) is 0 Å². The van der Waals surface area contributed by atoms with Gasteiger partial charge in [-0.25, -0.2) is 8.42 Å². The second-order valence-electron chi connectivity index (χ2n) is 6.72. The molecule has 8 nitrogen and oxygen atoms in total. The summed E-state index contributed by atoms with van der Waals surface area (Å²) in [6, 6.07) is 19.5. The number of methoxy groups -OCH3 is 2. The lowest BCUT2D eigenvalue weighted by molar-refractivity contribution is -0.111. The number of nitrogens with zero attached hydrogens (tertiary/aromatic N) is 1. The topological polar surface area (TPSA) is 118 Å². The second-order valence-corrected chi connectivity index (χ2v) is 8.41. The van der Waals surface area contributed by atoms with Crippen molar-refractivity contribution in [2.75, 3.05) is 24.3 Å². The average Bonchev–Trinajstić information content (AvgIpc) is 2.83. The van der Waals surface area contributed by atoms with Gasteiger partial charge in [0.2, 0.25) is 5.91 Å². The lowest BCUT2D eigenvalue weighted by Gasteiger charge is -2.14. The molecule has 0 aliphatic rings. The fourth-order valence-corrected chi connectivity index (χ4v) is 4.00. The minimum Gasteiger partial charge on any atom is -0.495 e. The predicted molar refractivity (Wildman–Crippen MR) is 126 cm³/mol. The van der Waals surface area contributed by atoms with E-state index in [1.807, 2.05) is 6.07 Å². The molecule has 0 bridgehead atoms. The highest BCUT2D eigenvalue weighted by atomic mass is 32.2. The Labute approximate surface area is 192 Å². The van der Waals surface area contributed by atoms with Gasteiger partial charge in [0.05, 0.1) is 42.1 Å². The molecule has 33 heavy (non-hydrogen) atoms. The van der Waals surface area contributed by atoms with Gasteiger partial charge in [-0.3, -0.25) is 9.52 Å². The van der Waals surface area contributed by atoms with Gasteiger partial charge < -0.3 is 14.8 Å². The molecule has 0 aromatic heterocycles. The monoisotopic (exact) mass is 463 g/mol. The third kappa shape index (κ3) is 5.90. The lowest BCUT2D eigenvalue weighted by atomic mass is 10.1. The first-order valence-corrected chi connectivity index (χ1v) is 11.2. The van der Waals surface area contributed by atoms with Gasteiger partial charge >= 0.3 is 0 Å². The van der Waals surface area contributed by atoms with Gasteiger partial charge in [0.1, 0.15) is 11.5 Å². The predicted octanol–water partition coefficient (Wildman–Crippen LogP) is 4.03. The summed E-state index contributed by atoms with van der Waals surface area (Å²) in [5.41, 5.74) is 1.72. The van der Waals surface area contributed by atoms with Crippen molar-refractivity contribution in [1.29, 1.82) is 5.26 Å². The smallest absolute Gasteiger partial charge is 0.262 e. The summed E-state index contributed by atoms with van der Waals surface area (Å²) in [5, 5.41) is 11.5. The number of sulfonamides is 1. The van der Waals surface area contributed by atoms with Crippen molar-refractivity contribution in [3.05, 3.63) is 83.9 Å². The lowest BCUT2D eigenvalue weighted by Crippen LogP contribution is -2.15. The SMILES string of the molecule is COc1ccc(S(=O)(=O)Nc2ccccc2OC)cc1NC(=O)/C=C/c1ccc(C#N)cc1. The molecule has 3 aromatic rings. The summed E-state index contributed by atoms with van der Waals surface area (Å²) in [5.74, 6) is 0.187. The van der Waals surface area contributed by atoms with E-state index in [0.29, 0.717) is 17.1 Å². The highest BCUT2D eigenvalue weighted by molar-refractivity contribution is 7.92. The number of carbonyl (C=O) groups excluding carboxylic acids is 1. The van der Waals surface area contributed by atoms with Crippen LogP contribution in [-0.2, 0) is 14.8 Å². The Balaban J connectivity index is 1.81. The van der Waals surface area contributed by atoms with Crippen LogP contribution < -0.4 is 19.5 Å². The number of hydrogen-bond acceptors (Lipinski definition) is 6. The van der Waals surface area contributed by atoms with Crippen LogP contribution >= 0.6 is 0 Å². The van der Waals surface area contributed by atoms with E-state index in [2.05, 4.69) is 10.0 Å². The van der Waals surface area contributed by atoms with Crippen LogP contribution in [0, 0.1) is 11.3 Å². The molecule has 0 unspecified atom stereocenters. The molecular weight excluding hydrogens is 442 g/mol. The molecule has 0 fully saturated rings. The van der Waals surface area contributed by atoms with Gasteiger partial charge in [0.15, 0.2) is 0 Å². The molecule has 0 saturated carbocycles. The van der Waals surface area contributed by atoms with Crippen LogP contribution in [0.4, 0.5) is 11.4 Å². The molecule has 3 aromatic carbocycles. The highest BCUT2D eigenvalue weighted by Gasteiger charge is 2.19. The van der Waals surface area contributed by atoms with Crippen LogP contribution in [0.3, 0.4) is 0 Å². The summed E-state index contributed by atoms with van der Waals surface area (Å²) >= 11 is 0. The van der Waals surface area contributed by atoms with E-state index in [1.165, 1.54) is 38.5 Å². The number of carbonyl (C=O) groups is 1. The van der Waals surface area contributed by atoms with Gasteiger partial charge in [0, 0.05) is 6.08 Å². The number of rotatable bonds is 8. The molecule has 1 amide bonds. The molecule has 168 valence electrons. The molecule has 0 spiro atoms. The zero-order valence-corrected chi connectivity index (χ0v) is 18.7. The number of para-hydroxylation sites is 2. The highest BCUT2D eigenvalue weighted by Crippen LogP contribution is 2.30. The van der Waals surface area contributed by atoms with Crippen molar-refractivity contribution in [2.45, 2.75) is 4.90 Å². The van der Waals surface area contributed by atoms with Crippen LogP contribution in [0.2, 0.25) is 0 Å². The second kappa shape index (κ2) is 10.3. The summed E-state index contributed by atoms with van der Waals surface area (Å²) in [7, 11) is -1.11. The molecule has 0 saturated heterocycles. The number of nitrogens with one attached hydrogen (secondary N) is 2. The largest absolute Gasteiger partial charge is 0.495 e. The van der Waals surface area contributed by atoms with Crippen molar-refractivity contribution >= 4 is 33.4 Å². The van der Waals surface area contributed by atoms with E-state index in [1.54, 1.807) is 54.6 Å². The van der Waals surface area contributed by atoms with Crippen LogP contribution in [0.15, 0.2) is 77.7 Å². The van der Waals surface area contributed by atoms with E-state index in [0.717, 1.165) is 5.56 Å². The molecule has 0 atom stereocenters. The van der Waals surface area contributed by atoms with E-state index in [9.17, 15) is 13.2 Å². The maximum Gasteiger partial charge on any atom is 0.262 e. The van der Waals surface area contributed by atoms with Gasteiger partial charge in [-0.05, 0) is 54.1 Å². The Kier molecular flexibility index (Phi) is 7.33. The first-order valence-electron chi connectivity index (χ1n) is 9.69. The fraction of sp³-hybridized carbons (Fsp3) is 0.0833. The van der Waals surface area contributed by atoms with E-state index < -0.39 is 15.9 Å². The van der Waals surface area contributed by atoms with Crippen molar-refractivity contribution in [3.63, 3.8) is 0 Å². The summed E-state index contributed by atoms with van der Waals surface area (Å²) in [6.07, 6.45) is 2.88. The summed E-state index contributed by atoms with van der Waals surface area (Å²) in [6.45, 7) is 0. The summed E-state index contributed by atoms with van der Waals surface area (Å²) < 4.78 is 38.8. The van der Waals surface area contributed by atoms with Gasteiger partial charge in [-0.2, -0.15) is 5.26 Å². The molecule has 0 aliphatic carbocycles. The number of nitriles is 1. The van der Waals surface area contributed by atoms with Crippen LogP contribution in [0.1, 0.15) is 11.1 Å². The molecular formula is C24H21N3O5S. The van der Waals surface area contributed by atoms with Crippen molar-refractivity contribution in [3.8, 4) is 17.6 Å². The van der Waals surface area contributed by atoms with Crippen molar-refractivity contribution in [2.24, 2.45) is 0 Å². The Hall–Kier alpha value is -4.29. The van der Waals surface area contributed by atoms with Crippen LogP contribution in [-0.4, -0.2) is 28.5 Å². The first kappa shape index (κ1) is 23.4. The number of benzene rings is 3. The molecule has 9 heteroatoms. The third-order valence-electron chi connectivity index (χ3n) is 4.56. The summed E-state index contributed by atoms with van der Waals surface area (Å²) in [4.78, 5) is 12.4. The minimum absolute atomic E-state index is 0.0689. The molecule has 0 radical (unpaired) electrons. The minimum atomic E-state index is -3.97. The number of hydrogen-bond donors (Lipinski definition) is 2. The molecule has 3 rings (SSSR count). The van der Waals surface area contributed by atoms with E-state index >= 15 is 0 Å². The number of amides is 1. The zero-order valence-electron chi connectivity index (χ0n) is 17.9. The molecule has 0 aliphatic heterocycles. The standard InChI is InChI=1S/C24H21N3O5S/c1-31-22-6-4-3-5-20(22)27-33(29,30)19-12-13-23(32-2)21(15-19)26-24(28)14-11-17-7-9-18(16-25)10-8-17/h3-15,27H,1-2H3,(H,26,28)/b14-11+. The number of anilines is 2. The van der Waals surface area contributed by atoms with Crippen molar-refractivity contribution in [1.82, 2.24) is 0 Å². The maximum atomic E-state index is 12.9. The van der Waals surface area contributed by atoms with Gasteiger partial charge in [-0.1, -0.05) is 24.3 Å². The van der Waals surface area contributed by atoms with Crippen LogP contribution in [0.5, 0.6) is 11.5 Å². The molecule has 0 heterocycles. The Morgan fingerprint density at radius 2 is 1.61 bits per heavy atom. The van der Waals surface area contributed by atoms with Crippen LogP contribution in [0.25, 0.3) is 6.08 Å². The maximum absolute atomic E-state index is 12.9. The van der Waals surface area contributed by atoms with Crippen molar-refractivity contribution < 1.29 is 22.7 Å².